The second-order valence-corrected chi connectivity index (χ2v) is 6.44. The fourth-order valence-corrected chi connectivity index (χ4v) is 2.89. The van der Waals surface area contributed by atoms with Crippen LogP contribution in [0.25, 0.3) is 22.4 Å². The van der Waals surface area contributed by atoms with E-state index in [0.29, 0.717) is 6.54 Å². The van der Waals surface area contributed by atoms with Gasteiger partial charge in [-0.15, -0.1) is 0 Å². The topological polar surface area (TPSA) is 70.0 Å². The Kier molecular flexibility index (Phi) is 4.41. The molecule has 0 aliphatic rings. The molecular weight excluding hydrogens is 326 g/mol. The first kappa shape index (κ1) is 16.4. The SMILES string of the molecule is CN(C)c1ccc(CNCc2cn[nH]c2-c2cc3ccccc3o2)cn1. The number of anilines is 1. The highest BCUT2D eigenvalue weighted by Gasteiger charge is 2.12. The molecule has 4 aromatic rings. The Hall–Kier alpha value is -3.12. The number of H-pyrrole nitrogens is 1. The molecule has 26 heavy (non-hydrogen) atoms. The molecule has 0 atom stereocenters. The molecule has 0 aliphatic carbocycles. The summed E-state index contributed by atoms with van der Waals surface area (Å²) in [5.41, 5.74) is 4.00. The van der Waals surface area contributed by atoms with Gasteiger partial charge in [0.2, 0.25) is 0 Å². The number of benzene rings is 1. The zero-order valence-electron chi connectivity index (χ0n) is 14.9. The maximum Gasteiger partial charge on any atom is 0.153 e. The summed E-state index contributed by atoms with van der Waals surface area (Å²) < 4.78 is 5.94. The first-order valence-corrected chi connectivity index (χ1v) is 8.55. The number of nitrogens with zero attached hydrogens (tertiary/aromatic N) is 3. The maximum atomic E-state index is 5.94. The Balaban J connectivity index is 1.44. The van der Waals surface area contributed by atoms with Crippen LogP contribution in [0, 0.1) is 0 Å². The Morgan fingerprint density at radius 2 is 1.96 bits per heavy atom. The van der Waals surface area contributed by atoms with Gasteiger partial charge in [-0.05, 0) is 23.8 Å². The third-order valence-corrected chi connectivity index (χ3v) is 4.30. The molecule has 6 heteroatoms. The predicted molar refractivity (Wildman–Crippen MR) is 103 cm³/mol. The number of para-hydroxylation sites is 1. The van der Waals surface area contributed by atoms with Gasteiger partial charge in [0, 0.05) is 44.3 Å². The average molecular weight is 347 g/mol. The van der Waals surface area contributed by atoms with E-state index in [0.717, 1.165) is 45.9 Å². The van der Waals surface area contributed by atoms with Crippen LogP contribution in [-0.2, 0) is 13.1 Å². The van der Waals surface area contributed by atoms with E-state index in [1.807, 2.05) is 67.8 Å². The zero-order valence-corrected chi connectivity index (χ0v) is 14.9. The highest BCUT2D eigenvalue weighted by atomic mass is 16.3. The van der Waals surface area contributed by atoms with Crippen LogP contribution in [0.5, 0.6) is 0 Å². The van der Waals surface area contributed by atoms with Crippen LogP contribution in [0.15, 0.2) is 59.3 Å². The molecule has 3 heterocycles. The number of aromatic amines is 1. The van der Waals surface area contributed by atoms with Gasteiger partial charge in [0.05, 0.1) is 6.20 Å². The fraction of sp³-hybridized carbons (Fsp3) is 0.200. The molecule has 0 fully saturated rings. The van der Waals surface area contributed by atoms with E-state index in [1.54, 1.807) is 0 Å². The smallest absolute Gasteiger partial charge is 0.153 e. The molecule has 0 amide bonds. The van der Waals surface area contributed by atoms with Crippen molar-refractivity contribution in [2.75, 3.05) is 19.0 Å². The Bertz CT molecular complexity index is 967. The first-order chi connectivity index (χ1) is 12.7. The number of furan rings is 1. The summed E-state index contributed by atoms with van der Waals surface area (Å²) >= 11 is 0. The molecule has 0 radical (unpaired) electrons. The summed E-state index contributed by atoms with van der Waals surface area (Å²) in [7, 11) is 3.97. The quantitative estimate of drug-likeness (QED) is 0.558. The van der Waals surface area contributed by atoms with Crippen molar-refractivity contribution in [3.05, 3.63) is 66.0 Å². The van der Waals surface area contributed by atoms with Crippen molar-refractivity contribution in [1.82, 2.24) is 20.5 Å². The van der Waals surface area contributed by atoms with Gasteiger partial charge < -0.3 is 14.6 Å². The van der Waals surface area contributed by atoms with Crippen LogP contribution in [0.1, 0.15) is 11.1 Å². The Morgan fingerprint density at radius 3 is 2.73 bits per heavy atom. The van der Waals surface area contributed by atoms with Crippen molar-refractivity contribution >= 4 is 16.8 Å². The molecule has 4 rings (SSSR count). The lowest BCUT2D eigenvalue weighted by atomic mass is 10.2. The average Bonchev–Trinajstić information content (AvgIpc) is 3.28. The minimum atomic E-state index is 0.693. The van der Waals surface area contributed by atoms with Gasteiger partial charge in [-0.2, -0.15) is 5.10 Å². The number of hydrogen-bond acceptors (Lipinski definition) is 5. The molecule has 0 aliphatic heterocycles. The number of nitrogens with one attached hydrogen (secondary N) is 2. The fourth-order valence-electron chi connectivity index (χ4n) is 2.89. The summed E-state index contributed by atoms with van der Waals surface area (Å²) in [4.78, 5) is 6.42. The number of aromatic nitrogens is 3. The minimum Gasteiger partial charge on any atom is -0.454 e. The van der Waals surface area contributed by atoms with Gasteiger partial charge in [-0.25, -0.2) is 4.98 Å². The number of pyridine rings is 1. The van der Waals surface area contributed by atoms with E-state index in [2.05, 4.69) is 26.6 Å². The van der Waals surface area contributed by atoms with Gasteiger partial charge in [0.15, 0.2) is 5.76 Å². The van der Waals surface area contributed by atoms with Crippen LogP contribution >= 0.6 is 0 Å². The first-order valence-electron chi connectivity index (χ1n) is 8.55. The van der Waals surface area contributed by atoms with Crippen molar-refractivity contribution in [2.24, 2.45) is 0 Å². The van der Waals surface area contributed by atoms with Crippen molar-refractivity contribution in [1.29, 1.82) is 0 Å². The van der Waals surface area contributed by atoms with E-state index in [-0.39, 0.29) is 0 Å². The minimum absolute atomic E-state index is 0.693. The highest BCUT2D eigenvalue weighted by Crippen LogP contribution is 2.28. The third kappa shape index (κ3) is 3.32. The van der Waals surface area contributed by atoms with Gasteiger partial charge in [-0.1, -0.05) is 24.3 Å². The van der Waals surface area contributed by atoms with Crippen LogP contribution < -0.4 is 10.2 Å². The molecule has 3 aromatic heterocycles. The molecule has 132 valence electrons. The molecule has 0 saturated heterocycles. The van der Waals surface area contributed by atoms with Crippen molar-refractivity contribution in [2.45, 2.75) is 13.1 Å². The van der Waals surface area contributed by atoms with E-state index in [9.17, 15) is 0 Å². The molecule has 0 bridgehead atoms. The van der Waals surface area contributed by atoms with Crippen LogP contribution in [-0.4, -0.2) is 29.3 Å². The standard InChI is InChI=1S/C20H21N5O/c1-25(2)19-8-7-14(11-22-19)10-21-12-16-13-23-24-20(16)18-9-15-5-3-4-6-17(15)26-18/h3-9,11,13,21H,10,12H2,1-2H3,(H,23,24). The monoisotopic (exact) mass is 347 g/mol. The molecule has 6 nitrogen and oxygen atoms in total. The van der Waals surface area contributed by atoms with Crippen LogP contribution in [0.2, 0.25) is 0 Å². The molecular formula is C20H21N5O. The normalized spacial score (nSPS) is 11.2. The van der Waals surface area contributed by atoms with E-state index in [1.165, 1.54) is 0 Å². The van der Waals surface area contributed by atoms with Gasteiger partial charge in [0.25, 0.3) is 0 Å². The summed E-state index contributed by atoms with van der Waals surface area (Å²) in [5, 5.41) is 11.8. The van der Waals surface area contributed by atoms with Gasteiger partial charge >= 0.3 is 0 Å². The van der Waals surface area contributed by atoms with Gasteiger partial charge in [-0.3, -0.25) is 5.10 Å². The van der Waals surface area contributed by atoms with Crippen LogP contribution in [0.3, 0.4) is 0 Å². The van der Waals surface area contributed by atoms with E-state index < -0.39 is 0 Å². The lowest BCUT2D eigenvalue weighted by Crippen LogP contribution is -2.14. The lowest BCUT2D eigenvalue weighted by molar-refractivity contribution is 0.625. The highest BCUT2D eigenvalue weighted by molar-refractivity contribution is 5.82. The number of rotatable bonds is 6. The van der Waals surface area contributed by atoms with Crippen molar-refractivity contribution in [3.63, 3.8) is 0 Å². The second kappa shape index (κ2) is 7.01. The Morgan fingerprint density at radius 1 is 1.08 bits per heavy atom. The van der Waals surface area contributed by atoms with E-state index in [4.69, 9.17) is 4.42 Å². The molecule has 0 saturated carbocycles. The number of hydrogen-bond donors (Lipinski definition) is 2. The summed E-state index contributed by atoms with van der Waals surface area (Å²) in [5.74, 6) is 1.76. The summed E-state index contributed by atoms with van der Waals surface area (Å²) in [6.07, 6.45) is 3.74. The van der Waals surface area contributed by atoms with Gasteiger partial charge in [0.1, 0.15) is 17.1 Å². The molecule has 0 unspecified atom stereocenters. The molecule has 0 spiro atoms. The van der Waals surface area contributed by atoms with Crippen molar-refractivity contribution in [3.8, 4) is 11.5 Å². The second-order valence-electron chi connectivity index (χ2n) is 6.44. The maximum absolute atomic E-state index is 5.94. The Labute approximate surface area is 151 Å². The largest absolute Gasteiger partial charge is 0.454 e. The zero-order chi connectivity index (χ0) is 17.9. The van der Waals surface area contributed by atoms with E-state index >= 15 is 0 Å². The van der Waals surface area contributed by atoms with Crippen molar-refractivity contribution < 1.29 is 4.42 Å². The predicted octanol–water partition coefficient (Wildman–Crippen LogP) is 3.57. The van der Waals surface area contributed by atoms with Crippen LogP contribution in [0.4, 0.5) is 5.82 Å². The number of fused-ring (bicyclic) bond motifs is 1. The molecule has 2 N–H and O–H groups in total. The third-order valence-electron chi connectivity index (χ3n) is 4.30. The lowest BCUT2D eigenvalue weighted by Gasteiger charge is -2.11. The summed E-state index contributed by atoms with van der Waals surface area (Å²) in [6.45, 7) is 1.43. The summed E-state index contributed by atoms with van der Waals surface area (Å²) in [6, 6.07) is 14.1. The molecule has 1 aromatic carbocycles.